The van der Waals surface area contributed by atoms with Crippen LogP contribution in [-0.4, -0.2) is 17.1 Å². The van der Waals surface area contributed by atoms with E-state index >= 15 is 0 Å². The standard InChI is InChI=1S/C2H3F.C2H8OSi/c1-2-3;1-2-3-4/h2H,1H2;2H2,1,4H3. The summed E-state index contributed by atoms with van der Waals surface area (Å²) in [6, 6.07) is 0. The predicted octanol–water partition coefficient (Wildman–Crippen LogP) is 0.403. The van der Waals surface area contributed by atoms with Gasteiger partial charge < -0.3 is 4.43 Å². The Morgan fingerprint density at radius 2 is 2.14 bits per heavy atom. The van der Waals surface area contributed by atoms with Crippen LogP contribution in [0.1, 0.15) is 6.92 Å². The van der Waals surface area contributed by atoms with Gasteiger partial charge in [0.25, 0.3) is 0 Å². The van der Waals surface area contributed by atoms with Gasteiger partial charge in [-0.1, -0.05) is 6.58 Å². The van der Waals surface area contributed by atoms with Crippen molar-refractivity contribution in [2.45, 2.75) is 6.92 Å². The summed E-state index contributed by atoms with van der Waals surface area (Å²) >= 11 is 0. The summed E-state index contributed by atoms with van der Waals surface area (Å²) in [5, 5.41) is 0. The van der Waals surface area contributed by atoms with E-state index in [1.165, 1.54) is 0 Å². The Balaban J connectivity index is 0. The van der Waals surface area contributed by atoms with E-state index in [1.807, 2.05) is 6.92 Å². The first-order valence-electron chi connectivity index (χ1n) is 2.03. The van der Waals surface area contributed by atoms with Crippen LogP contribution in [0, 0.1) is 0 Å². The van der Waals surface area contributed by atoms with Crippen LogP contribution in [0.5, 0.6) is 0 Å². The van der Waals surface area contributed by atoms with Gasteiger partial charge in [-0.15, -0.1) is 0 Å². The van der Waals surface area contributed by atoms with Crippen molar-refractivity contribution < 1.29 is 8.82 Å². The third kappa shape index (κ3) is 121. The molecule has 0 bridgehead atoms. The lowest BCUT2D eigenvalue weighted by Crippen LogP contribution is -1.76. The quantitative estimate of drug-likeness (QED) is 0.457. The van der Waals surface area contributed by atoms with Crippen LogP contribution in [0.3, 0.4) is 0 Å². The summed E-state index contributed by atoms with van der Waals surface area (Å²) in [6.07, 6.45) is 0.250. The smallest absolute Gasteiger partial charge is 0.145 e. The molecule has 7 heavy (non-hydrogen) atoms. The highest BCUT2D eigenvalue weighted by molar-refractivity contribution is 5.97. The van der Waals surface area contributed by atoms with Gasteiger partial charge in [0.05, 0.1) is 6.33 Å². The molecule has 0 aromatic rings. The first-order valence-corrected chi connectivity index (χ1v) is 2.85. The maximum atomic E-state index is 10.1. The minimum atomic E-state index is 0.250. The van der Waals surface area contributed by atoms with Crippen molar-refractivity contribution in [2.24, 2.45) is 0 Å². The monoisotopic (exact) mass is 122 g/mol. The molecule has 44 valence electrons. The highest BCUT2D eigenvalue weighted by Crippen LogP contribution is 1.50. The average Bonchev–Trinajstić information content (AvgIpc) is 1.69. The Hall–Kier alpha value is -0.153. The molecule has 0 N–H and O–H groups in total. The molecule has 0 unspecified atom stereocenters. The van der Waals surface area contributed by atoms with Gasteiger partial charge in [0.15, 0.2) is 0 Å². The summed E-state index contributed by atoms with van der Waals surface area (Å²) in [5.74, 6) is 0. The van der Waals surface area contributed by atoms with Crippen LogP contribution in [0.2, 0.25) is 0 Å². The van der Waals surface area contributed by atoms with Crippen LogP contribution in [0.25, 0.3) is 0 Å². The number of rotatable bonds is 1. The average molecular weight is 122 g/mol. The van der Waals surface area contributed by atoms with Gasteiger partial charge in [-0.3, -0.25) is 0 Å². The number of hydrogen-bond donors (Lipinski definition) is 0. The van der Waals surface area contributed by atoms with Crippen molar-refractivity contribution in [2.75, 3.05) is 6.61 Å². The Bertz CT molecular complexity index is 30.9. The Morgan fingerprint density at radius 1 is 2.00 bits per heavy atom. The van der Waals surface area contributed by atoms with Gasteiger partial charge in [0.1, 0.15) is 10.5 Å². The van der Waals surface area contributed by atoms with Crippen molar-refractivity contribution in [1.29, 1.82) is 0 Å². The summed E-state index contributed by atoms with van der Waals surface area (Å²) in [7, 11) is 0.890. The van der Waals surface area contributed by atoms with E-state index in [0.717, 1.165) is 17.1 Å². The molecule has 0 amide bonds. The predicted molar refractivity (Wildman–Crippen MR) is 32.9 cm³/mol. The summed E-state index contributed by atoms with van der Waals surface area (Å²) in [4.78, 5) is 0. The topological polar surface area (TPSA) is 9.23 Å². The third-order valence-corrected chi connectivity index (χ3v) is 0.866. The van der Waals surface area contributed by atoms with Crippen LogP contribution in [0.4, 0.5) is 4.39 Å². The molecule has 0 atom stereocenters. The molecule has 0 aliphatic rings. The molecular formula is C4H11FOSi. The highest BCUT2D eigenvalue weighted by atomic mass is 28.2. The third-order valence-electron chi connectivity index (χ3n) is 0.289. The molecular weight excluding hydrogens is 111 g/mol. The minimum absolute atomic E-state index is 0.250. The molecule has 0 aromatic carbocycles. The molecule has 0 saturated heterocycles. The van der Waals surface area contributed by atoms with E-state index in [1.54, 1.807) is 0 Å². The Labute approximate surface area is 46.7 Å². The molecule has 0 fully saturated rings. The van der Waals surface area contributed by atoms with Gasteiger partial charge in [-0.05, 0) is 6.92 Å². The molecule has 0 saturated carbocycles. The zero-order valence-electron chi connectivity index (χ0n) is 4.78. The van der Waals surface area contributed by atoms with E-state index in [4.69, 9.17) is 0 Å². The molecule has 0 aliphatic carbocycles. The zero-order chi connectivity index (χ0) is 6.12. The number of halogens is 1. The zero-order valence-corrected chi connectivity index (χ0v) is 6.78. The lowest BCUT2D eigenvalue weighted by molar-refractivity contribution is 0.375. The molecule has 0 radical (unpaired) electrons. The van der Waals surface area contributed by atoms with Crippen LogP contribution in [0.15, 0.2) is 12.9 Å². The van der Waals surface area contributed by atoms with Crippen LogP contribution >= 0.6 is 0 Å². The highest BCUT2D eigenvalue weighted by Gasteiger charge is 1.51. The lowest BCUT2D eigenvalue weighted by atomic mass is 10.9. The van der Waals surface area contributed by atoms with Crippen molar-refractivity contribution >= 4 is 10.5 Å². The van der Waals surface area contributed by atoms with E-state index in [9.17, 15) is 4.39 Å². The molecule has 0 aromatic heterocycles. The fourth-order valence-electron chi connectivity index (χ4n) is 0. The largest absolute Gasteiger partial charge is 0.428 e. The van der Waals surface area contributed by atoms with Gasteiger partial charge in [0.2, 0.25) is 0 Å². The second kappa shape index (κ2) is 16.9. The van der Waals surface area contributed by atoms with Gasteiger partial charge in [-0.25, -0.2) is 4.39 Å². The molecule has 0 spiro atoms. The molecule has 1 nitrogen and oxygen atoms in total. The second-order valence-electron chi connectivity index (χ2n) is 0.732. The van der Waals surface area contributed by atoms with E-state index in [0.29, 0.717) is 0 Å². The lowest BCUT2D eigenvalue weighted by Gasteiger charge is -1.77. The van der Waals surface area contributed by atoms with E-state index in [-0.39, 0.29) is 6.33 Å². The van der Waals surface area contributed by atoms with E-state index < -0.39 is 0 Å². The summed E-state index contributed by atoms with van der Waals surface area (Å²) < 4.78 is 14.7. The number of hydrogen-bond acceptors (Lipinski definition) is 1. The Kier molecular flexibility index (Phi) is 24.1. The Morgan fingerprint density at radius 3 is 2.14 bits per heavy atom. The first kappa shape index (κ1) is 9.96. The minimum Gasteiger partial charge on any atom is -0.428 e. The van der Waals surface area contributed by atoms with Crippen molar-refractivity contribution in [3.05, 3.63) is 12.9 Å². The fraction of sp³-hybridized carbons (Fsp3) is 0.500. The van der Waals surface area contributed by atoms with Crippen molar-refractivity contribution in [3.63, 3.8) is 0 Å². The van der Waals surface area contributed by atoms with Crippen LogP contribution in [-0.2, 0) is 4.43 Å². The van der Waals surface area contributed by atoms with Gasteiger partial charge in [-0.2, -0.15) is 0 Å². The fourth-order valence-corrected chi connectivity index (χ4v) is 0. The normalized spacial score (nSPS) is 6.57. The van der Waals surface area contributed by atoms with E-state index in [2.05, 4.69) is 11.0 Å². The second-order valence-corrected chi connectivity index (χ2v) is 1.31. The molecule has 0 aliphatic heterocycles. The van der Waals surface area contributed by atoms with Crippen LogP contribution < -0.4 is 0 Å². The summed E-state index contributed by atoms with van der Waals surface area (Å²) in [5.41, 5.74) is 0. The van der Waals surface area contributed by atoms with Crippen molar-refractivity contribution in [1.82, 2.24) is 0 Å². The molecule has 3 heteroatoms. The molecule has 0 heterocycles. The van der Waals surface area contributed by atoms with Gasteiger partial charge >= 0.3 is 0 Å². The first-order chi connectivity index (χ1) is 3.33. The SMILES string of the molecule is C=CF.CCO[SiH3]. The molecule has 0 rings (SSSR count). The maximum Gasteiger partial charge on any atom is 0.145 e. The van der Waals surface area contributed by atoms with Crippen molar-refractivity contribution in [3.8, 4) is 0 Å². The van der Waals surface area contributed by atoms with Gasteiger partial charge in [0, 0.05) is 6.61 Å². The summed E-state index contributed by atoms with van der Waals surface area (Å²) in [6.45, 7) is 5.57. The maximum absolute atomic E-state index is 10.1.